The van der Waals surface area contributed by atoms with Crippen molar-refractivity contribution in [1.82, 2.24) is 0 Å². The molecule has 4 heteroatoms. The molecule has 0 saturated carbocycles. The predicted octanol–water partition coefficient (Wildman–Crippen LogP) is -0.558. The van der Waals surface area contributed by atoms with Gasteiger partial charge in [-0.25, -0.2) is 0 Å². The molecule has 0 aliphatic carbocycles. The van der Waals surface area contributed by atoms with Crippen LogP contribution >= 0.6 is 34.9 Å². The van der Waals surface area contributed by atoms with E-state index in [1.807, 2.05) is 10.8 Å². The molecule has 0 aromatic carbocycles. The van der Waals surface area contributed by atoms with E-state index in [-0.39, 0.29) is 24.0 Å². The van der Waals surface area contributed by atoms with Crippen molar-refractivity contribution >= 4 is 40.3 Å². The predicted molar refractivity (Wildman–Crippen MR) is 39.4 cm³/mol. The molecule has 0 bridgehead atoms. The Hall–Kier alpha value is 0.870. The van der Waals surface area contributed by atoms with Crippen LogP contribution in [0.2, 0.25) is 0 Å². The van der Waals surface area contributed by atoms with Gasteiger partial charge in [0.25, 0.3) is 4.19 Å². The molecule has 0 nitrogen and oxygen atoms in total. The highest BCUT2D eigenvalue weighted by molar-refractivity contribution is 7.80. The average Bonchev–Trinajstić information content (AvgIpc) is 2.14. The van der Waals surface area contributed by atoms with Gasteiger partial charge in [0.15, 0.2) is 0 Å². The number of halogens is 1. The zero-order valence-corrected chi connectivity index (χ0v) is 8.44. The molecule has 8 heavy (non-hydrogen) atoms. The third-order valence-electron chi connectivity index (χ3n) is 0.520. The molecule has 1 rings (SSSR count). The minimum absolute atomic E-state index is 0. The highest BCUT2D eigenvalue weighted by atomic mass is 127. The molecule has 0 saturated heterocycles. The first kappa shape index (κ1) is 8.87. The third-order valence-corrected chi connectivity index (χ3v) is 3.05. The van der Waals surface area contributed by atoms with E-state index in [0.29, 0.717) is 0 Å². The molecule has 0 aliphatic heterocycles. The first-order valence-electron chi connectivity index (χ1n) is 1.74. The Morgan fingerprint density at radius 3 is 2.75 bits per heavy atom. The summed E-state index contributed by atoms with van der Waals surface area (Å²) in [6.07, 6.45) is 0. The van der Waals surface area contributed by atoms with Crippen molar-refractivity contribution in [3.8, 4) is 0 Å². The van der Waals surface area contributed by atoms with Gasteiger partial charge in [-0.1, -0.05) is 12.2 Å². The molecule has 0 N–H and O–H groups in total. The molecule has 1 aromatic heterocycles. The van der Waals surface area contributed by atoms with E-state index in [9.17, 15) is 0 Å². The topological polar surface area (TPSA) is 0 Å². The van der Waals surface area contributed by atoms with Crippen LogP contribution in [0.4, 0.5) is 0 Å². The fourth-order valence-corrected chi connectivity index (χ4v) is 1.99. The second-order valence-electron chi connectivity index (χ2n) is 0.945. The van der Waals surface area contributed by atoms with Gasteiger partial charge in [-0.15, -0.1) is 0 Å². The van der Waals surface area contributed by atoms with Gasteiger partial charge >= 0.3 is 0 Å². The van der Waals surface area contributed by atoms with Crippen LogP contribution in [0.15, 0.2) is 10.8 Å². The Bertz CT molecular complexity index is 146. The quantitative estimate of drug-likeness (QED) is 0.376. The summed E-state index contributed by atoms with van der Waals surface area (Å²) in [5, 5.41) is 5.76. The number of hydrogen-bond donors (Lipinski definition) is 0. The summed E-state index contributed by atoms with van der Waals surface area (Å²) in [5.74, 6) is 0. The second-order valence-corrected chi connectivity index (χ2v) is 3.33. The summed E-state index contributed by atoms with van der Waals surface area (Å²) in [5.41, 5.74) is 0. The van der Waals surface area contributed by atoms with E-state index in [1.165, 1.54) is 4.19 Å². The summed E-state index contributed by atoms with van der Waals surface area (Å²) in [7, 11) is 0. The lowest BCUT2D eigenvalue weighted by atomic mass is 11.0. The Balaban J connectivity index is 0.000000490. The van der Waals surface area contributed by atoms with Gasteiger partial charge in [0.05, 0.1) is 28.0 Å². The third kappa shape index (κ3) is 2.43. The SMILES string of the molecule is S=Cc1scc[s+]1.[I-]. The Morgan fingerprint density at radius 2 is 2.50 bits per heavy atom. The zero-order chi connectivity index (χ0) is 5.11. The average molecular weight is 274 g/mol. The van der Waals surface area contributed by atoms with Crippen molar-refractivity contribution in [3.63, 3.8) is 0 Å². The highest BCUT2D eigenvalue weighted by Gasteiger charge is 1.97. The van der Waals surface area contributed by atoms with Crippen molar-refractivity contribution in [3.05, 3.63) is 15.0 Å². The Labute approximate surface area is 78.6 Å². The van der Waals surface area contributed by atoms with Crippen molar-refractivity contribution in [2.24, 2.45) is 0 Å². The lowest BCUT2D eigenvalue weighted by Crippen LogP contribution is -3.00. The monoisotopic (exact) mass is 274 g/mol. The van der Waals surface area contributed by atoms with Crippen molar-refractivity contribution in [2.45, 2.75) is 0 Å². The first-order valence-corrected chi connectivity index (χ1v) is 3.97. The molecular formula is C4H3IS3. The van der Waals surface area contributed by atoms with E-state index < -0.39 is 0 Å². The van der Waals surface area contributed by atoms with Gasteiger partial charge in [-0.3, -0.25) is 0 Å². The molecule has 0 spiro atoms. The minimum atomic E-state index is 0. The summed E-state index contributed by atoms with van der Waals surface area (Å²) >= 11 is 8.03. The van der Waals surface area contributed by atoms with Crippen molar-refractivity contribution in [1.29, 1.82) is 0 Å². The van der Waals surface area contributed by atoms with E-state index in [2.05, 4.69) is 12.2 Å². The van der Waals surface area contributed by atoms with Gasteiger partial charge in [-0.2, -0.15) is 0 Å². The van der Waals surface area contributed by atoms with Gasteiger partial charge in [-0.05, 0) is 0 Å². The molecule has 0 atom stereocenters. The van der Waals surface area contributed by atoms with E-state index in [1.54, 1.807) is 28.0 Å². The van der Waals surface area contributed by atoms with Crippen LogP contribution in [0.25, 0.3) is 0 Å². The fourth-order valence-electron chi connectivity index (χ4n) is 0.273. The number of hydrogen-bond acceptors (Lipinski definition) is 2. The van der Waals surface area contributed by atoms with Crippen molar-refractivity contribution < 1.29 is 24.0 Å². The van der Waals surface area contributed by atoms with Gasteiger partial charge in [0.2, 0.25) is 0 Å². The normalized spacial score (nSPS) is 7.50. The van der Waals surface area contributed by atoms with E-state index >= 15 is 0 Å². The number of rotatable bonds is 1. The molecule has 0 fully saturated rings. The van der Waals surface area contributed by atoms with E-state index in [0.717, 1.165) is 0 Å². The summed E-state index contributed by atoms with van der Waals surface area (Å²) in [6, 6.07) is 0. The lowest BCUT2D eigenvalue weighted by molar-refractivity contribution is -0.00000110. The Morgan fingerprint density at radius 1 is 1.75 bits per heavy atom. The first-order chi connectivity index (χ1) is 3.43. The van der Waals surface area contributed by atoms with Gasteiger partial charge in [0.1, 0.15) is 10.8 Å². The summed E-state index contributed by atoms with van der Waals surface area (Å²) < 4.78 is 1.20. The minimum Gasteiger partial charge on any atom is -1.00 e. The summed E-state index contributed by atoms with van der Waals surface area (Å²) in [4.78, 5) is 0. The summed E-state index contributed by atoms with van der Waals surface area (Å²) in [6.45, 7) is 0. The van der Waals surface area contributed by atoms with Crippen LogP contribution in [-0.4, -0.2) is 5.37 Å². The molecule has 0 aliphatic rings. The maximum absolute atomic E-state index is 4.67. The van der Waals surface area contributed by atoms with Crippen LogP contribution in [0.5, 0.6) is 0 Å². The maximum Gasteiger partial charge on any atom is 0.288 e. The van der Waals surface area contributed by atoms with Gasteiger partial charge in [0, 0.05) is 0 Å². The molecule has 44 valence electrons. The molecular weight excluding hydrogens is 271 g/mol. The highest BCUT2D eigenvalue weighted by Crippen LogP contribution is 2.11. The van der Waals surface area contributed by atoms with Crippen LogP contribution in [-0.2, 0) is 0 Å². The van der Waals surface area contributed by atoms with Crippen LogP contribution in [0, 0.1) is 0 Å². The fraction of sp³-hybridized carbons (Fsp3) is 0. The van der Waals surface area contributed by atoms with Crippen LogP contribution in [0.1, 0.15) is 4.19 Å². The maximum atomic E-state index is 4.67. The van der Waals surface area contributed by atoms with E-state index in [4.69, 9.17) is 0 Å². The van der Waals surface area contributed by atoms with Crippen molar-refractivity contribution in [2.75, 3.05) is 0 Å². The van der Waals surface area contributed by atoms with Crippen LogP contribution < -0.4 is 24.0 Å². The number of thiocarbonyl (C=S) groups is 1. The molecule has 1 aromatic rings. The largest absolute Gasteiger partial charge is 1.00 e. The molecule has 0 radical (unpaired) electrons. The smallest absolute Gasteiger partial charge is 0.288 e. The second kappa shape index (κ2) is 4.72. The zero-order valence-electron chi connectivity index (χ0n) is 3.83. The molecule has 0 unspecified atom stereocenters. The molecule has 1 heterocycles. The van der Waals surface area contributed by atoms with Gasteiger partial charge < -0.3 is 24.0 Å². The molecule has 0 amide bonds. The Kier molecular flexibility index (Phi) is 5.23. The standard InChI is InChI=1S/C4H3S3.HI/c5-3-4-6-1-2-7-4;/h1-3H;1H/q+1;/p-1. The van der Waals surface area contributed by atoms with Crippen LogP contribution in [0.3, 0.4) is 0 Å². The lowest BCUT2D eigenvalue weighted by Gasteiger charge is -1.52.